The SMILES string of the molecule is Nc1ncccc1OCc1cc(F)cc(F)c1. The van der Waals surface area contributed by atoms with Gasteiger partial charge in [0.1, 0.15) is 18.2 Å². The molecule has 0 bridgehead atoms. The monoisotopic (exact) mass is 236 g/mol. The Morgan fingerprint density at radius 1 is 1.18 bits per heavy atom. The second kappa shape index (κ2) is 4.78. The largest absolute Gasteiger partial charge is 0.485 e. The Bertz CT molecular complexity index is 511. The van der Waals surface area contributed by atoms with E-state index in [-0.39, 0.29) is 12.4 Å². The first-order valence-corrected chi connectivity index (χ1v) is 4.93. The summed E-state index contributed by atoms with van der Waals surface area (Å²) in [7, 11) is 0. The average Bonchev–Trinajstić information content (AvgIpc) is 2.27. The second-order valence-corrected chi connectivity index (χ2v) is 3.45. The summed E-state index contributed by atoms with van der Waals surface area (Å²) in [6, 6.07) is 6.52. The van der Waals surface area contributed by atoms with Gasteiger partial charge in [-0.1, -0.05) is 0 Å². The number of rotatable bonds is 3. The van der Waals surface area contributed by atoms with E-state index in [4.69, 9.17) is 10.5 Å². The van der Waals surface area contributed by atoms with Gasteiger partial charge in [0.2, 0.25) is 0 Å². The van der Waals surface area contributed by atoms with Crippen LogP contribution in [0.4, 0.5) is 14.6 Å². The standard InChI is InChI=1S/C12H10F2N2O/c13-9-4-8(5-10(14)6-9)7-17-11-2-1-3-16-12(11)15/h1-6H,7H2,(H2,15,16). The minimum Gasteiger partial charge on any atom is -0.485 e. The molecule has 0 unspecified atom stereocenters. The quantitative estimate of drug-likeness (QED) is 0.890. The molecule has 0 fully saturated rings. The van der Waals surface area contributed by atoms with E-state index in [1.54, 1.807) is 12.1 Å². The molecule has 0 amide bonds. The molecule has 5 heteroatoms. The lowest BCUT2D eigenvalue weighted by Crippen LogP contribution is -2.00. The number of nitrogen functional groups attached to an aromatic ring is 1. The van der Waals surface area contributed by atoms with Gasteiger partial charge in [-0.3, -0.25) is 0 Å². The third-order valence-corrected chi connectivity index (χ3v) is 2.12. The molecule has 2 N–H and O–H groups in total. The van der Waals surface area contributed by atoms with Crippen LogP contribution in [0.1, 0.15) is 5.56 Å². The lowest BCUT2D eigenvalue weighted by Gasteiger charge is -2.07. The van der Waals surface area contributed by atoms with Crippen LogP contribution in [-0.4, -0.2) is 4.98 Å². The van der Waals surface area contributed by atoms with Crippen molar-refractivity contribution in [2.45, 2.75) is 6.61 Å². The predicted octanol–water partition coefficient (Wildman–Crippen LogP) is 2.52. The van der Waals surface area contributed by atoms with Gasteiger partial charge in [0, 0.05) is 12.3 Å². The summed E-state index contributed by atoms with van der Waals surface area (Å²) in [5, 5.41) is 0. The van der Waals surface area contributed by atoms with Crippen molar-refractivity contribution in [1.82, 2.24) is 4.98 Å². The molecule has 0 radical (unpaired) electrons. The molecule has 2 rings (SSSR count). The zero-order chi connectivity index (χ0) is 12.3. The smallest absolute Gasteiger partial charge is 0.166 e. The Balaban J connectivity index is 2.10. The van der Waals surface area contributed by atoms with Crippen LogP contribution in [0.25, 0.3) is 0 Å². The topological polar surface area (TPSA) is 48.1 Å². The number of aromatic nitrogens is 1. The predicted molar refractivity (Wildman–Crippen MR) is 59.3 cm³/mol. The number of anilines is 1. The molecule has 0 spiro atoms. The first kappa shape index (κ1) is 11.3. The van der Waals surface area contributed by atoms with Gasteiger partial charge >= 0.3 is 0 Å². The number of nitrogens with two attached hydrogens (primary N) is 1. The zero-order valence-electron chi connectivity index (χ0n) is 8.86. The number of hydrogen-bond donors (Lipinski definition) is 1. The van der Waals surface area contributed by atoms with E-state index in [0.29, 0.717) is 11.3 Å². The number of halogens is 2. The summed E-state index contributed by atoms with van der Waals surface area (Å²) < 4.78 is 31.1. The molecule has 0 saturated carbocycles. The Kier molecular flexibility index (Phi) is 3.18. The second-order valence-electron chi connectivity index (χ2n) is 3.45. The summed E-state index contributed by atoms with van der Waals surface area (Å²) in [6.45, 7) is 0.0323. The minimum atomic E-state index is -0.636. The number of ether oxygens (including phenoxy) is 1. The van der Waals surface area contributed by atoms with Crippen LogP contribution in [0.2, 0.25) is 0 Å². The first-order valence-electron chi connectivity index (χ1n) is 4.93. The molecule has 0 aliphatic heterocycles. The maximum atomic E-state index is 12.9. The molecule has 1 aromatic carbocycles. The molecule has 0 aliphatic rings. The summed E-state index contributed by atoms with van der Waals surface area (Å²) in [5.41, 5.74) is 5.95. The lowest BCUT2D eigenvalue weighted by molar-refractivity contribution is 0.305. The van der Waals surface area contributed by atoms with Gasteiger partial charge in [0.25, 0.3) is 0 Å². The average molecular weight is 236 g/mol. The van der Waals surface area contributed by atoms with E-state index < -0.39 is 11.6 Å². The van der Waals surface area contributed by atoms with Gasteiger partial charge in [-0.2, -0.15) is 0 Å². The summed E-state index contributed by atoms with van der Waals surface area (Å²) >= 11 is 0. The molecule has 88 valence electrons. The number of pyridine rings is 1. The lowest BCUT2D eigenvalue weighted by atomic mass is 10.2. The van der Waals surface area contributed by atoms with Gasteiger partial charge in [0.05, 0.1) is 0 Å². The Morgan fingerprint density at radius 2 is 1.88 bits per heavy atom. The fourth-order valence-corrected chi connectivity index (χ4v) is 1.38. The third kappa shape index (κ3) is 2.90. The van der Waals surface area contributed by atoms with Crippen LogP contribution >= 0.6 is 0 Å². The highest BCUT2D eigenvalue weighted by Gasteiger charge is 2.03. The van der Waals surface area contributed by atoms with Crippen molar-refractivity contribution in [3.8, 4) is 5.75 Å². The van der Waals surface area contributed by atoms with E-state index in [1.807, 2.05) is 0 Å². The molecule has 0 saturated heterocycles. The van der Waals surface area contributed by atoms with Crippen LogP contribution in [0.3, 0.4) is 0 Å². The maximum Gasteiger partial charge on any atom is 0.166 e. The van der Waals surface area contributed by atoms with Crippen molar-refractivity contribution in [2.24, 2.45) is 0 Å². The Morgan fingerprint density at radius 3 is 2.53 bits per heavy atom. The van der Waals surface area contributed by atoms with Gasteiger partial charge in [-0.05, 0) is 29.8 Å². The highest BCUT2D eigenvalue weighted by Crippen LogP contribution is 2.19. The van der Waals surface area contributed by atoms with Crippen molar-refractivity contribution in [1.29, 1.82) is 0 Å². The van der Waals surface area contributed by atoms with E-state index in [1.165, 1.54) is 18.3 Å². The highest BCUT2D eigenvalue weighted by molar-refractivity contribution is 5.44. The summed E-state index contributed by atoms with van der Waals surface area (Å²) in [5.74, 6) is -0.646. The van der Waals surface area contributed by atoms with Crippen molar-refractivity contribution in [3.05, 3.63) is 53.7 Å². The van der Waals surface area contributed by atoms with Crippen molar-refractivity contribution < 1.29 is 13.5 Å². The van der Waals surface area contributed by atoms with Crippen LogP contribution < -0.4 is 10.5 Å². The number of nitrogens with zero attached hydrogens (tertiary/aromatic N) is 1. The fraction of sp³-hybridized carbons (Fsp3) is 0.0833. The molecule has 0 aliphatic carbocycles. The Labute approximate surface area is 96.9 Å². The third-order valence-electron chi connectivity index (χ3n) is 2.12. The number of hydrogen-bond acceptors (Lipinski definition) is 3. The van der Waals surface area contributed by atoms with Gasteiger partial charge in [-0.15, -0.1) is 0 Å². The highest BCUT2D eigenvalue weighted by atomic mass is 19.1. The zero-order valence-corrected chi connectivity index (χ0v) is 8.86. The summed E-state index contributed by atoms with van der Waals surface area (Å²) in [4.78, 5) is 3.83. The molecule has 17 heavy (non-hydrogen) atoms. The van der Waals surface area contributed by atoms with Gasteiger partial charge < -0.3 is 10.5 Å². The molecule has 3 nitrogen and oxygen atoms in total. The van der Waals surface area contributed by atoms with Crippen LogP contribution in [0, 0.1) is 11.6 Å². The van der Waals surface area contributed by atoms with Crippen molar-refractivity contribution in [2.75, 3.05) is 5.73 Å². The minimum absolute atomic E-state index is 0.0323. The van der Waals surface area contributed by atoms with Crippen LogP contribution in [-0.2, 0) is 6.61 Å². The fourth-order valence-electron chi connectivity index (χ4n) is 1.38. The van der Waals surface area contributed by atoms with Crippen LogP contribution in [0.15, 0.2) is 36.5 Å². The molecular formula is C12H10F2N2O. The van der Waals surface area contributed by atoms with E-state index in [0.717, 1.165) is 6.07 Å². The first-order chi connectivity index (χ1) is 8.15. The van der Waals surface area contributed by atoms with Crippen LogP contribution in [0.5, 0.6) is 5.75 Å². The molecule has 1 heterocycles. The van der Waals surface area contributed by atoms with E-state index >= 15 is 0 Å². The Hall–Kier alpha value is -2.17. The molecule has 2 aromatic rings. The van der Waals surface area contributed by atoms with Gasteiger partial charge in [0.15, 0.2) is 11.6 Å². The maximum absolute atomic E-state index is 12.9. The van der Waals surface area contributed by atoms with Crippen molar-refractivity contribution >= 4 is 5.82 Å². The van der Waals surface area contributed by atoms with Crippen molar-refractivity contribution in [3.63, 3.8) is 0 Å². The normalized spacial score (nSPS) is 10.2. The van der Waals surface area contributed by atoms with E-state index in [2.05, 4.69) is 4.98 Å². The molecule has 1 aromatic heterocycles. The van der Waals surface area contributed by atoms with Gasteiger partial charge in [-0.25, -0.2) is 13.8 Å². The number of benzene rings is 1. The molecular weight excluding hydrogens is 226 g/mol. The summed E-state index contributed by atoms with van der Waals surface area (Å²) in [6.07, 6.45) is 1.53. The van der Waals surface area contributed by atoms with E-state index in [9.17, 15) is 8.78 Å². The molecule has 0 atom stereocenters.